The van der Waals surface area contributed by atoms with Gasteiger partial charge in [0, 0.05) is 0 Å². The van der Waals surface area contributed by atoms with Gasteiger partial charge in [0.15, 0.2) is 0 Å². The fraction of sp³-hybridized carbons (Fsp3) is 0.538. The van der Waals surface area contributed by atoms with Gasteiger partial charge in [-0.1, -0.05) is 26.2 Å². The number of unbranched alkanes of at least 4 members (excludes halogenated alkanes) is 2. The number of benzene rings is 1. The number of hydrogen-bond acceptors (Lipinski definition) is 1. The predicted octanol–water partition coefficient (Wildman–Crippen LogP) is 4.46. The van der Waals surface area contributed by atoms with E-state index in [0.29, 0.717) is 12.5 Å². The number of hydrogen-bond donors (Lipinski definition) is 1. The Morgan fingerprint density at radius 2 is 1.89 bits per heavy atom. The summed E-state index contributed by atoms with van der Waals surface area (Å²) in [6.45, 7) is 1.95. The first-order valence-electron chi connectivity index (χ1n) is 5.91. The standard InChI is InChI=1S/C13H16F4O/c1-2-3-4-5-12(18)10-8-9(14)6-7-11(10)13(15,16)17/h6-8,12,18H,2-5H2,1H3. The SMILES string of the molecule is CCCCCC(O)c1cc(F)ccc1C(F)(F)F. The van der Waals surface area contributed by atoms with E-state index in [1.807, 2.05) is 6.92 Å². The third kappa shape index (κ3) is 3.98. The van der Waals surface area contributed by atoms with E-state index in [1.54, 1.807) is 0 Å². The summed E-state index contributed by atoms with van der Waals surface area (Å²) >= 11 is 0. The Balaban J connectivity index is 2.94. The summed E-state index contributed by atoms with van der Waals surface area (Å²) in [5, 5.41) is 9.75. The van der Waals surface area contributed by atoms with E-state index in [0.717, 1.165) is 25.0 Å². The Kier molecular flexibility index (Phi) is 5.14. The molecule has 0 saturated heterocycles. The molecule has 0 spiro atoms. The topological polar surface area (TPSA) is 20.2 Å². The zero-order chi connectivity index (χ0) is 13.8. The van der Waals surface area contributed by atoms with Crippen LogP contribution in [0.2, 0.25) is 0 Å². The summed E-state index contributed by atoms with van der Waals surface area (Å²) in [4.78, 5) is 0. The molecule has 0 radical (unpaired) electrons. The lowest BCUT2D eigenvalue weighted by Gasteiger charge is -2.17. The lowest BCUT2D eigenvalue weighted by atomic mass is 9.97. The van der Waals surface area contributed by atoms with Crippen molar-refractivity contribution in [2.75, 3.05) is 0 Å². The van der Waals surface area contributed by atoms with Crippen LogP contribution in [0.4, 0.5) is 17.6 Å². The normalized spacial score (nSPS) is 13.7. The molecule has 1 rings (SSSR count). The maximum atomic E-state index is 13.0. The van der Waals surface area contributed by atoms with Gasteiger partial charge >= 0.3 is 6.18 Å². The van der Waals surface area contributed by atoms with Crippen LogP contribution in [0.3, 0.4) is 0 Å². The van der Waals surface area contributed by atoms with Gasteiger partial charge in [0.1, 0.15) is 5.82 Å². The smallest absolute Gasteiger partial charge is 0.388 e. The van der Waals surface area contributed by atoms with E-state index in [9.17, 15) is 22.7 Å². The predicted molar refractivity (Wildman–Crippen MR) is 60.5 cm³/mol. The van der Waals surface area contributed by atoms with Gasteiger partial charge in [0.2, 0.25) is 0 Å². The summed E-state index contributed by atoms with van der Waals surface area (Å²) in [6, 6.07) is 2.19. The molecule has 102 valence electrons. The molecule has 0 aromatic heterocycles. The summed E-state index contributed by atoms with van der Waals surface area (Å²) in [5.74, 6) is -0.771. The van der Waals surface area contributed by atoms with Crippen LogP contribution in [0.5, 0.6) is 0 Å². The second kappa shape index (κ2) is 6.18. The highest BCUT2D eigenvalue weighted by Crippen LogP contribution is 2.36. The zero-order valence-corrected chi connectivity index (χ0v) is 10.1. The molecule has 0 heterocycles. The molecule has 1 unspecified atom stereocenters. The summed E-state index contributed by atoms with van der Waals surface area (Å²) in [6.07, 6.45) is -3.29. The molecule has 0 aliphatic rings. The largest absolute Gasteiger partial charge is 0.416 e. The molecule has 1 aromatic rings. The van der Waals surface area contributed by atoms with Crippen LogP contribution in [0.15, 0.2) is 18.2 Å². The maximum Gasteiger partial charge on any atom is 0.416 e. The van der Waals surface area contributed by atoms with Gasteiger partial charge < -0.3 is 5.11 Å². The minimum Gasteiger partial charge on any atom is -0.388 e. The summed E-state index contributed by atoms with van der Waals surface area (Å²) in [5.41, 5.74) is -1.34. The highest BCUT2D eigenvalue weighted by Gasteiger charge is 2.35. The molecule has 18 heavy (non-hydrogen) atoms. The van der Waals surface area contributed by atoms with Crippen molar-refractivity contribution in [2.45, 2.75) is 44.9 Å². The Hall–Kier alpha value is -1.10. The third-order valence-electron chi connectivity index (χ3n) is 2.76. The van der Waals surface area contributed by atoms with Crippen molar-refractivity contribution in [2.24, 2.45) is 0 Å². The minimum atomic E-state index is -4.57. The lowest BCUT2D eigenvalue weighted by molar-refractivity contribution is -0.139. The van der Waals surface area contributed by atoms with Crippen molar-refractivity contribution in [3.63, 3.8) is 0 Å². The molecule has 5 heteroatoms. The van der Waals surface area contributed by atoms with Crippen LogP contribution < -0.4 is 0 Å². The second-order valence-electron chi connectivity index (χ2n) is 4.24. The van der Waals surface area contributed by atoms with Crippen LogP contribution in [-0.4, -0.2) is 5.11 Å². The van der Waals surface area contributed by atoms with Crippen molar-refractivity contribution in [3.05, 3.63) is 35.1 Å². The fourth-order valence-electron chi connectivity index (χ4n) is 1.81. The average Bonchev–Trinajstić information content (AvgIpc) is 2.27. The number of alkyl halides is 3. The molecule has 0 fully saturated rings. The monoisotopic (exact) mass is 264 g/mol. The molecule has 0 saturated carbocycles. The van der Waals surface area contributed by atoms with Gasteiger partial charge in [0.05, 0.1) is 11.7 Å². The van der Waals surface area contributed by atoms with Gasteiger partial charge in [0.25, 0.3) is 0 Å². The number of aliphatic hydroxyl groups is 1. The Morgan fingerprint density at radius 3 is 2.44 bits per heavy atom. The Labute approximate surface area is 103 Å². The van der Waals surface area contributed by atoms with E-state index in [-0.39, 0.29) is 12.0 Å². The van der Waals surface area contributed by atoms with Crippen molar-refractivity contribution in [3.8, 4) is 0 Å². The molecule has 1 nitrogen and oxygen atoms in total. The van der Waals surface area contributed by atoms with E-state index in [1.165, 1.54) is 0 Å². The van der Waals surface area contributed by atoms with Crippen LogP contribution in [0.25, 0.3) is 0 Å². The van der Waals surface area contributed by atoms with Crippen LogP contribution in [0.1, 0.15) is 49.8 Å². The Bertz CT molecular complexity index is 387. The van der Waals surface area contributed by atoms with Gasteiger partial charge in [-0.3, -0.25) is 0 Å². The van der Waals surface area contributed by atoms with Crippen molar-refractivity contribution in [1.29, 1.82) is 0 Å². The molecule has 0 aliphatic carbocycles. The molecular weight excluding hydrogens is 248 g/mol. The molecule has 0 aliphatic heterocycles. The Morgan fingerprint density at radius 1 is 1.22 bits per heavy atom. The van der Waals surface area contributed by atoms with Gasteiger partial charge in [-0.15, -0.1) is 0 Å². The average molecular weight is 264 g/mol. The van der Waals surface area contributed by atoms with E-state index in [4.69, 9.17) is 0 Å². The fourth-order valence-corrected chi connectivity index (χ4v) is 1.81. The second-order valence-corrected chi connectivity index (χ2v) is 4.24. The highest BCUT2D eigenvalue weighted by molar-refractivity contribution is 5.32. The molecule has 1 N–H and O–H groups in total. The van der Waals surface area contributed by atoms with E-state index >= 15 is 0 Å². The van der Waals surface area contributed by atoms with Crippen LogP contribution >= 0.6 is 0 Å². The third-order valence-corrected chi connectivity index (χ3v) is 2.76. The molecular formula is C13H16F4O. The number of rotatable bonds is 5. The molecule has 0 bridgehead atoms. The quantitative estimate of drug-likeness (QED) is 0.615. The van der Waals surface area contributed by atoms with Crippen molar-refractivity contribution in [1.82, 2.24) is 0 Å². The summed E-state index contributed by atoms with van der Waals surface area (Å²) in [7, 11) is 0. The maximum absolute atomic E-state index is 13.0. The van der Waals surface area contributed by atoms with Crippen molar-refractivity contribution < 1.29 is 22.7 Å². The molecule has 1 aromatic carbocycles. The van der Waals surface area contributed by atoms with Crippen molar-refractivity contribution >= 4 is 0 Å². The number of aliphatic hydroxyl groups excluding tert-OH is 1. The first-order valence-corrected chi connectivity index (χ1v) is 5.91. The van der Waals surface area contributed by atoms with Gasteiger partial charge in [-0.2, -0.15) is 13.2 Å². The van der Waals surface area contributed by atoms with E-state index < -0.39 is 23.7 Å². The van der Waals surface area contributed by atoms with Crippen LogP contribution in [0, 0.1) is 5.82 Å². The highest BCUT2D eigenvalue weighted by atomic mass is 19.4. The van der Waals surface area contributed by atoms with E-state index in [2.05, 4.69) is 0 Å². The minimum absolute atomic E-state index is 0.209. The molecule has 1 atom stereocenters. The van der Waals surface area contributed by atoms with Crippen LogP contribution in [-0.2, 0) is 6.18 Å². The van der Waals surface area contributed by atoms with Gasteiger partial charge in [-0.25, -0.2) is 4.39 Å². The first-order chi connectivity index (χ1) is 8.36. The van der Waals surface area contributed by atoms with Gasteiger partial charge in [-0.05, 0) is 30.2 Å². The lowest BCUT2D eigenvalue weighted by Crippen LogP contribution is -2.12. The number of halogens is 4. The first kappa shape index (κ1) is 15.0. The summed E-state index contributed by atoms with van der Waals surface area (Å²) < 4.78 is 51.1. The zero-order valence-electron chi connectivity index (χ0n) is 10.1. The molecule has 0 amide bonds.